The van der Waals surface area contributed by atoms with Crippen molar-refractivity contribution >= 4 is 140 Å². The number of phenols is 1. The topological polar surface area (TPSA) is 647 Å². The Kier molecular flexibility index (Phi) is 38.4. The van der Waals surface area contributed by atoms with Gasteiger partial charge in [-0.3, -0.25) is 86.9 Å². The molecule has 42 nitrogen and oxygen atoms in total. The third kappa shape index (κ3) is 28.3. The van der Waals surface area contributed by atoms with Gasteiger partial charge in [0.15, 0.2) is 5.96 Å². The van der Waals surface area contributed by atoms with Gasteiger partial charge in [-0.25, -0.2) is 0 Å². The summed E-state index contributed by atoms with van der Waals surface area (Å²) in [7, 11) is 3.90. The second kappa shape index (κ2) is 48.6. The molecule has 0 unspecified atom stereocenters. The number of guanidine groups is 1. The van der Waals surface area contributed by atoms with Gasteiger partial charge >= 0.3 is 0 Å². The van der Waals surface area contributed by atoms with Crippen molar-refractivity contribution in [3.63, 3.8) is 0 Å². The zero-order chi connectivity index (χ0) is 96.4. The lowest BCUT2D eigenvalue weighted by Crippen LogP contribution is -2.62. The summed E-state index contributed by atoms with van der Waals surface area (Å²) in [5, 5.41) is 68.1. The van der Waals surface area contributed by atoms with E-state index in [1.54, 1.807) is 81.7 Å². The molecule has 0 radical (unpaired) electrons. The molecule has 5 heterocycles. The van der Waals surface area contributed by atoms with Crippen molar-refractivity contribution in [3.05, 3.63) is 102 Å². The molecule has 5 aromatic rings. The normalized spacial score (nSPS) is 25.4. The van der Waals surface area contributed by atoms with Crippen LogP contribution in [0.3, 0.4) is 0 Å². The molecule has 0 aliphatic carbocycles. The molecular formula is C88H126N22O20S. The SMILES string of the molecule is CCCC[C@H]1C(=O)N(C)[C@@H](CCCC)C(=O)N[C@@H](CCCNC(=N)N)C(=O)N[C@H](C(N)=O)CSCC(=O)N[C@@H](Cc2ccc(O)cc2)C(=O)N(C)[C@@H](C)C(=O)N[C@@H](CC(N)=O)C(=O)N2CCC[C@H]2C(=O)N[C@@H](CC(N)=O)C(=O)N[C@@H](CC(C)C)C(=O)N2C[C@H](O)C[C@H]2C(=O)N[C@@H]([C@@H](C)c2c[nH]c3ccccc23)C(=O)N[C@@H](CO)C(=O)N[C@@H](Cc2c[nH]c3ccccc23)C(=O)N1C. The van der Waals surface area contributed by atoms with Crippen LogP contribution in [-0.2, 0) is 94.3 Å². The summed E-state index contributed by atoms with van der Waals surface area (Å²) in [4.78, 5) is 260. The molecule has 24 N–H and O–H groups in total. The number of likely N-dealkylation sites (N-methyl/N-ethyl adjacent to an activating group) is 3. The molecule has 17 amide bonds. The van der Waals surface area contributed by atoms with Crippen LogP contribution in [0.4, 0.5) is 0 Å². The van der Waals surface area contributed by atoms with E-state index in [1.165, 1.54) is 52.3 Å². The predicted molar refractivity (Wildman–Crippen MR) is 483 cm³/mol. The Morgan fingerprint density at radius 2 is 1.09 bits per heavy atom. The number of phenolic OH excluding ortho intramolecular Hbond substituents is 1. The number of rotatable bonds is 24. The highest BCUT2D eigenvalue weighted by Gasteiger charge is 2.47. The molecule has 3 aliphatic rings. The van der Waals surface area contributed by atoms with Crippen LogP contribution in [-0.4, -0.2) is 306 Å². The highest BCUT2D eigenvalue weighted by molar-refractivity contribution is 8.00. The molecule has 0 spiro atoms. The van der Waals surface area contributed by atoms with E-state index in [-0.39, 0.29) is 82.4 Å². The fourth-order valence-electron chi connectivity index (χ4n) is 16.4. The van der Waals surface area contributed by atoms with Crippen LogP contribution in [0.2, 0.25) is 0 Å². The first-order valence-electron chi connectivity index (χ1n) is 44.0. The maximum absolute atomic E-state index is 15.7. The number of aliphatic hydroxyl groups is 2. The van der Waals surface area contributed by atoms with Crippen molar-refractivity contribution in [2.75, 3.05) is 58.9 Å². The Morgan fingerprint density at radius 3 is 1.73 bits per heavy atom. The van der Waals surface area contributed by atoms with Crippen LogP contribution in [0.1, 0.15) is 154 Å². The summed E-state index contributed by atoms with van der Waals surface area (Å²) < 4.78 is 0. The Morgan fingerprint density at radius 1 is 0.550 bits per heavy atom. The quantitative estimate of drug-likeness (QED) is 0.0171. The van der Waals surface area contributed by atoms with Crippen molar-refractivity contribution in [1.82, 2.24) is 87.6 Å². The highest BCUT2D eigenvalue weighted by Crippen LogP contribution is 2.31. The number of carbonyl (C=O) groups excluding carboxylic acids is 17. The van der Waals surface area contributed by atoms with Gasteiger partial charge in [0.25, 0.3) is 0 Å². The summed E-state index contributed by atoms with van der Waals surface area (Å²) in [6.45, 7) is 8.14. The molecule has 0 bridgehead atoms. The number of aromatic amines is 2. The molecule has 0 saturated carbocycles. The summed E-state index contributed by atoms with van der Waals surface area (Å²) in [5.41, 5.74) is 25.5. The van der Waals surface area contributed by atoms with Gasteiger partial charge in [0.05, 0.1) is 31.3 Å². The number of primary amides is 3. The van der Waals surface area contributed by atoms with Gasteiger partial charge in [0, 0.05) is 106 Å². The number of fused-ring (bicyclic) bond motifs is 4. The number of aromatic hydroxyl groups is 1. The molecule has 3 aliphatic heterocycles. The molecule has 3 fully saturated rings. The number of nitrogens with zero attached hydrogens (tertiary/aromatic N) is 5. The first-order valence-corrected chi connectivity index (χ1v) is 45.1. The Bertz CT molecular complexity index is 4950. The molecule has 714 valence electrons. The van der Waals surface area contributed by atoms with E-state index in [0.29, 0.717) is 64.2 Å². The summed E-state index contributed by atoms with van der Waals surface area (Å²) in [6, 6.07) is -2.70. The van der Waals surface area contributed by atoms with E-state index in [4.69, 9.17) is 28.3 Å². The zero-order valence-corrected chi connectivity index (χ0v) is 76.0. The van der Waals surface area contributed by atoms with E-state index in [1.807, 2.05) is 13.8 Å². The first kappa shape index (κ1) is 103. The molecule has 3 saturated heterocycles. The van der Waals surface area contributed by atoms with Crippen LogP contribution in [0.15, 0.2) is 85.2 Å². The lowest BCUT2D eigenvalue weighted by atomic mass is 9.91. The van der Waals surface area contributed by atoms with E-state index >= 15 is 33.6 Å². The lowest BCUT2D eigenvalue weighted by molar-refractivity contribution is -0.149. The van der Waals surface area contributed by atoms with Crippen molar-refractivity contribution in [2.24, 2.45) is 28.9 Å². The predicted octanol–water partition coefficient (Wildman–Crippen LogP) is -2.57. The molecular weight excluding hydrogens is 1720 g/mol. The van der Waals surface area contributed by atoms with Gasteiger partial charge in [-0.2, -0.15) is 0 Å². The molecule has 2 aromatic heterocycles. The Hall–Kier alpha value is -12.9. The van der Waals surface area contributed by atoms with E-state index in [0.717, 1.165) is 36.3 Å². The van der Waals surface area contributed by atoms with Crippen LogP contribution in [0.5, 0.6) is 5.75 Å². The monoisotopic (exact) mass is 1840 g/mol. The zero-order valence-electron chi connectivity index (χ0n) is 75.2. The fraction of sp³-hybridized carbons (Fsp3) is 0.545. The largest absolute Gasteiger partial charge is 0.508 e. The van der Waals surface area contributed by atoms with Crippen LogP contribution in [0, 0.1) is 11.3 Å². The van der Waals surface area contributed by atoms with Gasteiger partial charge in [-0.05, 0) is 98.7 Å². The number of hydrogen-bond donors (Lipinski definition) is 20. The maximum Gasteiger partial charge on any atom is 0.246 e. The van der Waals surface area contributed by atoms with Crippen LogP contribution in [0.25, 0.3) is 21.8 Å². The minimum Gasteiger partial charge on any atom is -0.508 e. The second-order valence-corrected chi connectivity index (χ2v) is 35.1. The molecule has 43 heteroatoms. The summed E-state index contributed by atoms with van der Waals surface area (Å²) >= 11 is 0.789. The number of nitrogens with one attached hydrogen (secondary N) is 13. The van der Waals surface area contributed by atoms with Crippen molar-refractivity contribution in [3.8, 4) is 5.75 Å². The highest BCUT2D eigenvalue weighted by atomic mass is 32.2. The van der Waals surface area contributed by atoms with Crippen LogP contribution >= 0.6 is 11.8 Å². The third-order valence-electron chi connectivity index (χ3n) is 23.8. The number of amides is 17. The number of carbonyl (C=O) groups is 17. The van der Waals surface area contributed by atoms with Crippen molar-refractivity contribution < 1.29 is 96.8 Å². The number of unbranched alkanes of at least 4 members (excludes halogenated alkanes) is 2. The number of aromatic nitrogens is 2. The lowest BCUT2D eigenvalue weighted by Gasteiger charge is -2.36. The molecule has 3 aromatic carbocycles. The second-order valence-electron chi connectivity index (χ2n) is 34.0. The van der Waals surface area contributed by atoms with E-state index in [9.17, 15) is 63.3 Å². The van der Waals surface area contributed by atoms with Gasteiger partial charge in [0.1, 0.15) is 90.3 Å². The number of hydrogen-bond acceptors (Lipinski definition) is 22. The first-order chi connectivity index (χ1) is 62.2. The van der Waals surface area contributed by atoms with Crippen LogP contribution < -0.4 is 76.1 Å². The Labute approximate surface area is 762 Å². The third-order valence-corrected chi connectivity index (χ3v) is 24.8. The Balaban J connectivity index is 1.19. The minimum absolute atomic E-state index is 0.000651. The number of aliphatic hydroxyl groups excluding tert-OH is 2. The van der Waals surface area contributed by atoms with Gasteiger partial charge in [-0.15, -0.1) is 11.8 Å². The summed E-state index contributed by atoms with van der Waals surface area (Å²) in [6.07, 6.45) is 0.579. The number of H-pyrrole nitrogens is 2. The number of thioether (sulfide) groups is 1. The maximum atomic E-state index is 15.7. The fourth-order valence-corrected chi connectivity index (χ4v) is 17.3. The number of nitrogens with two attached hydrogens (primary N) is 4. The smallest absolute Gasteiger partial charge is 0.246 e. The average molecular weight is 1840 g/mol. The van der Waals surface area contributed by atoms with E-state index < -0.39 is 247 Å². The van der Waals surface area contributed by atoms with Crippen molar-refractivity contribution in [2.45, 2.75) is 241 Å². The molecule has 131 heavy (non-hydrogen) atoms. The molecule has 8 rings (SSSR count). The number of benzene rings is 3. The van der Waals surface area contributed by atoms with Gasteiger partial charge < -0.3 is 126 Å². The summed E-state index contributed by atoms with van der Waals surface area (Å²) in [5.74, 6) is -19.7. The van der Waals surface area contributed by atoms with Gasteiger partial charge in [0.2, 0.25) is 100 Å². The average Bonchev–Trinajstić information content (AvgIpc) is 1.67. The van der Waals surface area contributed by atoms with Gasteiger partial charge in [-0.1, -0.05) is 109 Å². The van der Waals surface area contributed by atoms with E-state index in [2.05, 4.69) is 63.1 Å². The minimum atomic E-state index is -1.91. The molecule has 16 atom stereocenters. The number of para-hydroxylation sites is 2. The standard InChI is InChI=1S/C88H126N22O20S/c1-10-12-25-66-79(122)98-58(24-18-32-94-88(92)93)76(119)104-65(74(91)117)44-131-45-72(116)97-61(35-49-28-30-51(112)31-29-49)83(126)106(7)48(6)75(118)100-63(39-71(90)115)85(128)109-33-19-27-67(109)80(123)99-59(38-70(89)114)77(120)101-60(34-46(3)4)86(129)110-42-52(113)37-69(110)81(124)105-73(47(5)55-41-96-57-23-17-15-21-54(55)57)82(125)103-64(43-111)78(121)102-62(36-50-40-95-56-22-16-14-20-53(50)56)84(127)108(9)68(26-13-11-2)87(130)107(66)8/h14-17,20-23,28-31,40-41,46-48,52,58-69,73,95-96,111-113H,10-13,18-19,24-27,32-39,42-45H2,1-9H3,(H2,89,114)(H2,90,115)(H2,91,117)(H,97,116)(H,98,122)(H,99,123)(H,100,118)(H,101,120)(H,102,121)(H,103,125)(H,104,119)(H,105,124)(H4,92,93,94)/t47-,48-,52+,58-,59-,60-,61-,62-,63-,64-,65-,66-,67-,68-,69-,73-/m0/s1. The van der Waals surface area contributed by atoms with Crippen molar-refractivity contribution in [1.29, 1.82) is 5.41 Å².